The number of hydrogen-bond acceptors (Lipinski definition) is 4. The van der Waals surface area contributed by atoms with E-state index in [-0.39, 0.29) is 5.82 Å². The number of rotatable bonds is 3. The molecule has 0 spiro atoms. The molecule has 22 heavy (non-hydrogen) atoms. The smallest absolute Gasteiger partial charge is 0.414 e. The number of piperidine rings is 1. The highest BCUT2D eigenvalue weighted by atomic mass is 19.1. The minimum Gasteiger partial charge on any atom is -0.473 e. The zero-order valence-electron chi connectivity index (χ0n) is 12.5. The Kier molecular flexibility index (Phi) is 7.48. The number of carboxylic acid groups (broad SMARTS) is 2. The van der Waals surface area contributed by atoms with Crippen LogP contribution in [0.3, 0.4) is 0 Å². The van der Waals surface area contributed by atoms with Crippen molar-refractivity contribution in [2.75, 3.05) is 20.1 Å². The van der Waals surface area contributed by atoms with Crippen LogP contribution in [0.2, 0.25) is 0 Å². The summed E-state index contributed by atoms with van der Waals surface area (Å²) < 4.78 is 12.7. The van der Waals surface area contributed by atoms with E-state index < -0.39 is 11.9 Å². The van der Waals surface area contributed by atoms with E-state index in [2.05, 4.69) is 17.3 Å². The van der Waals surface area contributed by atoms with E-state index in [0.29, 0.717) is 6.04 Å². The predicted octanol–water partition coefficient (Wildman–Crippen LogP) is 1.17. The fourth-order valence-electron chi connectivity index (χ4n) is 2.08. The topological polar surface area (TPSA) is 89.9 Å². The van der Waals surface area contributed by atoms with Crippen LogP contribution in [0.4, 0.5) is 4.39 Å². The molecule has 1 aromatic carbocycles. The number of nitrogens with zero attached hydrogens (tertiary/aromatic N) is 1. The van der Waals surface area contributed by atoms with Crippen molar-refractivity contribution in [3.05, 3.63) is 35.6 Å². The molecule has 0 radical (unpaired) electrons. The molecule has 3 N–H and O–H groups in total. The molecule has 0 aromatic heterocycles. The molecule has 6 nitrogen and oxygen atoms in total. The number of carboxylic acids is 2. The number of halogens is 1. The molecular formula is C15H21FN2O4. The van der Waals surface area contributed by atoms with E-state index in [1.54, 1.807) is 0 Å². The number of aliphatic carboxylic acids is 2. The van der Waals surface area contributed by atoms with Crippen molar-refractivity contribution in [1.29, 1.82) is 0 Å². The average Bonchev–Trinajstić information content (AvgIpc) is 2.49. The van der Waals surface area contributed by atoms with Crippen LogP contribution in [0.25, 0.3) is 0 Å². The zero-order chi connectivity index (χ0) is 16.5. The van der Waals surface area contributed by atoms with E-state index >= 15 is 0 Å². The maximum Gasteiger partial charge on any atom is 0.414 e. The Morgan fingerprint density at radius 3 is 2.14 bits per heavy atom. The van der Waals surface area contributed by atoms with E-state index in [1.807, 2.05) is 12.1 Å². The van der Waals surface area contributed by atoms with E-state index in [9.17, 15) is 4.39 Å². The van der Waals surface area contributed by atoms with Gasteiger partial charge in [-0.05, 0) is 50.7 Å². The summed E-state index contributed by atoms with van der Waals surface area (Å²) in [5.41, 5.74) is 1.15. The third kappa shape index (κ3) is 7.14. The van der Waals surface area contributed by atoms with Crippen molar-refractivity contribution >= 4 is 11.9 Å². The third-order valence-corrected chi connectivity index (χ3v) is 3.41. The number of benzene rings is 1. The molecule has 0 aliphatic carbocycles. The van der Waals surface area contributed by atoms with Crippen molar-refractivity contribution in [3.63, 3.8) is 0 Å². The molecule has 0 saturated carbocycles. The molecule has 0 unspecified atom stereocenters. The van der Waals surface area contributed by atoms with Gasteiger partial charge in [0, 0.05) is 12.6 Å². The first-order chi connectivity index (χ1) is 10.4. The Morgan fingerprint density at radius 1 is 1.18 bits per heavy atom. The number of hydrogen-bond donors (Lipinski definition) is 3. The van der Waals surface area contributed by atoms with Crippen LogP contribution in [0.5, 0.6) is 0 Å². The Morgan fingerprint density at radius 2 is 1.68 bits per heavy atom. The van der Waals surface area contributed by atoms with Crippen LogP contribution >= 0.6 is 0 Å². The monoisotopic (exact) mass is 312 g/mol. The molecule has 122 valence electrons. The maximum absolute atomic E-state index is 12.7. The van der Waals surface area contributed by atoms with Crippen molar-refractivity contribution in [3.8, 4) is 0 Å². The van der Waals surface area contributed by atoms with Gasteiger partial charge in [0.15, 0.2) is 0 Å². The van der Waals surface area contributed by atoms with Crippen LogP contribution < -0.4 is 5.32 Å². The average molecular weight is 312 g/mol. The van der Waals surface area contributed by atoms with Gasteiger partial charge in [0.25, 0.3) is 0 Å². The minimum atomic E-state index is -1.82. The molecule has 1 aliphatic heterocycles. The molecule has 1 aliphatic rings. The van der Waals surface area contributed by atoms with Gasteiger partial charge in [-0.1, -0.05) is 12.1 Å². The SMILES string of the molecule is CN1CCC(NCc2ccc(F)cc2)CC1.O=C(O)C(=O)O. The van der Waals surface area contributed by atoms with Crippen LogP contribution in [0.1, 0.15) is 18.4 Å². The van der Waals surface area contributed by atoms with Crippen LogP contribution in [-0.2, 0) is 16.1 Å². The van der Waals surface area contributed by atoms with Gasteiger partial charge in [0.05, 0.1) is 0 Å². The second kappa shape index (κ2) is 9.11. The lowest BCUT2D eigenvalue weighted by molar-refractivity contribution is -0.159. The standard InChI is InChI=1S/C13H19FN2.C2H2O4/c1-16-8-6-13(7-9-16)15-10-11-2-4-12(14)5-3-11;3-1(4)2(5)6/h2-5,13,15H,6-10H2,1H3;(H,3,4)(H,5,6). The lowest BCUT2D eigenvalue weighted by Crippen LogP contribution is -2.40. The number of nitrogens with one attached hydrogen (secondary N) is 1. The van der Waals surface area contributed by atoms with Crippen molar-refractivity contribution in [2.24, 2.45) is 0 Å². The quantitative estimate of drug-likeness (QED) is 0.726. The molecule has 1 heterocycles. The maximum atomic E-state index is 12.7. The Labute approximate surface area is 128 Å². The molecule has 1 fully saturated rings. The zero-order valence-corrected chi connectivity index (χ0v) is 12.5. The highest BCUT2D eigenvalue weighted by Gasteiger charge is 2.15. The first-order valence-electron chi connectivity index (χ1n) is 7.01. The Hall–Kier alpha value is -1.99. The molecule has 2 rings (SSSR count). The molecule has 1 saturated heterocycles. The number of likely N-dealkylation sites (tertiary alicyclic amines) is 1. The lowest BCUT2D eigenvalue weighted by atomic mass is 10.1. The second-order valence-corrected chi connectivity index (χ2v) is 5.20. The van der Waals surface area contributed by atoms with Gasteiger partial charge in [-0.3, -0.25) is 0 Å². The van der Waals surface area contributed by atoms with Gasteiger partial charge in [0.2, 0.25) is 0 Å². The largest absolute Gasteiger partial charge is 0.473 e. The number of carbonyl (C=O) groups is 2. The second-order valence-electron chi connectivity index (χ2n) is 5.20. The van der Waals surface area contributed by atoms with E-state index in [0.717, 1.165) is 12.1 Å². The molecular weight excluding hydrogens is 291 g/mol. The van der Waals surface area contributed by atoms with Crippen molar-refractivity contribution in [1.82, 2.24) is 10.2 Å². The van der Waals surface area contributed by atoms with E-state index in [1.165, 1.54) is 38.1 Å². The molecule has 7 heteroatoms. The summed E-state index contributed by atoms with van der Waals surface area (Å²) in [6.07, 6.45) is 2.41. The highest BCUT2D eigenvalue weighted by Crippen LogP contribution is 2.09. The lowest BCUT2D eigenvalue weighted by Gasteiger charge is -2.29. The Bertz CT molecular complexity index is 473. The first kappa shape index (κ1) is 18.1. The first-order valence-corrected chi connectivity index (χ1v) is 7.01. The summed E-state index contributed by atoms with van der Waals surface area (Å²) in [5.74, 6) is -3.81. The third-order valence-electron chi connectivity index (χ3n) is 3.41. The van der Waals surface area contributed by atoms with Gasteiger partial charge in [0.1, 0.15) is 5.82 Å². The van der Waals surface area contributed by atoms with Gasteiger partial charge in [-0.2, -0.15) is 0 Å². The fraction of sp³-hybridized carbons (Fsp3) is 0.467. The van der Waals surface area contributed by atoms with Gasteiger partial charge >= 0.3 is 11.9 Å². The highest BCUT2D eigenvalue weighted by molar-refractivity contribution is 6.27. The summed E-state index contributed by atoms with van der Waals surface area (Å²) in [5, 5.41) is 18.3. The summed E-state index contributed by atoms with van der Waals surface area (Å²) >= 11 is 0. The van der Waals surface area contributed by atoms with Crippen molar-refractivity contribution in [2.45, 2.75) is 25.4 Å². The summed E-state index contributed by atoms with van der Waals surface area (Å²) in [6.45, 7) is 3.18. The van der Waals surface area contributed by atoms with Gasteiger partial charge in [-0.25, -0.2) is 14.0 Å². The summed E-state index contributed by atoms with van der Waals surface area (Å²) in [7, 11) is 2.16. The predicted molar refractivity (Wildman–Crippen MR) is 79.0 cm³/mol. The minimum absolute atomic E-state index is 0.164. The van der Waals surface area contributed by atoms with Crippen LogP contribution in [-0.4, -0.2) is 53.2 Å². The normalized spacial score (nSPS) is 15.7. The van der Waals surface area contributed by atoms with Gasteiger partial charge < -0.3 is 20.4 Å². The fourth-order valence-corrected chi connectivity index (χ4v) is 2.08. The van der Waals surface area contributed by atoms with Crippen molar-refractivity contribution < 1.29 is 24.2 Å². The summed E-state index contributed by atoms with van der Waals surface area (Å²) in [4.78, 5) is 20.6. The van der Waals surface area contributed by atoms with Crippen LogP contribution in [0, 0.1) is 5.82 Å². The molecule has 0 atom stereocenters. The molecule has 1 aromatic rings. The molecule has 0 bridgehead atoms. The van der Waals surface area contributed by atoms with Crippen LogP contribution in [0.15, 0.2) is 24.3 Å². The Balaban J connectivity index is 0.000000346. The van der Waals surface area contributed by atoms with Gasteiger partial charge in [-0.15, -0.1) is 0 Å². The summed E-state index contributed by atoms with van der Waals surface area (Å²) in [6, 6.07) is 7.34. The van der Waals surface area contributed by atoms with E-state index in [4.69, 9.17) is 19.8 Å². The molecule has 0 amide bonds.